The summed E-state index contributed by atoms with van der Waals surface area (Å²) in [6, 6.07) is 4.10. The van der Waals surface area contributed by atoms with Gasteiger partial charge in [-0.15, -0.1) is 11.3 Å². The number of thiophene rings is 1. The van der Waals surface area contributed by atoms with Gasteiger partial charge in [0, 0.05) is 31.1 Å². The lowest BCUT2D eigenvalue weighted by Crippen LogP contribution is -2.34. The van der Waals surface area contributed by atoms with Crippen molar-refractivity contribution in [2.45, 2.75) is 20.4 Å². The summed E-state index contributed by atoms with van der Waals surface area (Å²) in [4.78, 5) is 12.6. The molecule has 2 heterocycles. The Labute approximate surface area is 122 Å². The van der Waals surface area contributed by atoms with Gasteiger partial charge in [0.25, 0.3) is 0 Å². The van der Waals surface area contributed by atoms with Crippen molar-refractivity contribution < 1.29 is 4.79 Å². The van der Waals surface area contributed by atoms with Gasteiger partial charge in [-0.2, -0.15) is 5.10 Å². The summed E-state index contributed by atoms with van der Waals surface area (Å²) >= 11 is 1.69. The normalized spacial score (nSPS) is 10.9. The molecule has 1 amide bonds. The van der Waals surface area contributed by atoms with Crippen LogP contribution in [-0.2, 0) is 11.3 Å². The number of aromatic amines is 1. The number of aromatic nitrogens is 2. The van der Waals surface area contributed by atoms with Crippen molar-refractivity contribution in [2.75, 3.05) is 13.1 Å². The van der Waals surface area contributed by atoms with Crippen LogP contribution in [0.2, 0.25) is 0 Å². The summed E-state index contributed by atoms with van der Waals surface area (Å²) in [6.07, 6.45) is 1.84. The quantitative estimate of drug-likeness (QED) is 0.684. The Morgan fingerprint density at radius 2 is 2.30 bits per heavy atom. The van der Waals surface area contributed by atoms with E-state index in [1.54, 1.807) is 11.3 Å². The molecule has 0 spiro atoms. The Balaban J connectivity index is 1.76. The molecule has 3 N–H and O–H groups in total. The summed E-state index contributed by atoms with van der Waals surface area (Å²) in [5.74, 6) is 0.128. The van der Waals surface area contributed by atoms with Crippen LogP contribution in [-0.4, -0.2) is 29.2 Å². The van der Waals surface area contributed by atoms with Crippen molar-refractivity contribution in [3.8, 4) is 10.6 Å². The first kappa shape index (κ1) is 14.7. The highest BCUT2D eigenvalue weighted by Crippen LogP contribution is 2.25. The van der Waals surface area contributed by atoms with Gasteiger partial charge in [0.05, 0.1) is 16.8 Å². The Hall–Kier alpha value is -1.66. The lowest BCUT2D eigenvalue weighted by Gasteiger charge is -2.08. The molecule has 0 aliphatic heterocycles. The Morgan fingerprint density at radius 3 is 3.00 bits per heavy atom. The minimum Gasteiger partial charge on any atom is -0.355 e. The zero-order valence-corrected chi connectivity index (χ0v) is 12.6. The van der Waals surface area contributed by atoms with E-state index in [1.807, 2.05) is 26.1 Å². The number of hydrogen-bond acceptors (Lipinski definition) is 4. The van der Waals surface area contributed by atoms with Crippen molar-refractivity contribution in [1.82, 2.24) is 20.8 Å². The third-order valence-corrected chi connectivity index (χ3v) is 3.81. The summed E-state index contributed by atoms with van der Waals surface area (Å²) in [5.41, 5.74) is 2.21. The maximum Gasteiger partial charge on any atom is 0.222 e. The largest absolute Gasteiger partial charge is 0.355 e. The third kappa shape index (κ3) is 3.91. The van der Waals surface area contributed by atoms with Gasteiger partial charge >= 0.3 is 0 Å². The van der Waals surface area contributed by atoms with E-state index < -0.39 is 0 Å². The maximum absolute atomic E-state index is 11.4. The zero-order valence-electron chi connectivity index (χ0n) is 11.8. The molecule has 2 aromatic rings. The number of carbonyl (C=O) groups excluding carboxylic acids is 1. The Kier molecular flexibility index (Phi) is 5.31. The fraction of sp³-hybridized carbons (Fsp3) is 0.429. The van der Waals surface area contributed by atoms with Crippen molar-refractivity contribution in [3.63, 3.8) is 0 Å². The molecule has 0 saturated carbocycles. The van der Waals surface area contributed by atoms with Gasteiger partial charge in [-0.25, -0.2) is 0 Å². The van der Waals surface area contributed by atoms with Crippen LogP contribution >= 0.6 is 11.3 Å². The molecule has 0 unspecified atom stereocenters. The first-order valence-corrected chi connectivity index (χ1v) is 7.61. The van der Waals surface area contributed by atoms with Crippen molar-refractivity contribution in [3.05, 3.63) is 29.3 Å². The number of nitrogens with one attached hydrogen (secondary N) is 3. The van der Waals surface area contributed by atoms with Crippen molar-refractivity contribution in [2.24, 2.45) is 5.92 Å². The fourth-order valence-electron chi connectivity index (χ4n) is 1.78. The van der Waals surface area contributed by atoms with Gasteiger partial charge < -0.3 is 10.6 Å². The molecule has 0 aromatic carbocycles. The lowest BCUT2D eigenvalue weighted by atomic mass is 10.2. The molecule has 0 saturated heterocycles. The third-order valence-electron chi connectivity index (χ3n) is 2.93. The van der Waals surface area contributed by atoms with Crippen LogP contribution in [0.4, 0.5) is 0 Å². The number of hydrogen-bond donors (Lipinski definition) is 3. The van der Waals surface area contributed by atoms with E-state index in [1.165, 1.54) is 4.88 Å². The van der Waals surface area contributed by atoms with Crippen LogP contribution in [0.1, 0.15) is 19.4 Å². The van der Waals surface area contributed by atoms with Crippen LogP contribution in [0, 0.1) is 5.92 Å². The van der Waals surface area contributed by atoms with Crippen LogP contribution in [0.3, 0.4) is 0 Å². The van der Waals surface area contributed by atoms with E-state index in [-0.39, 0.29) is 11.8 Å². The van der Waals surface area contributed by atoms with Gasteiger partial charge in [0.1, 0.15) is 0 Å². The van der Waals surface area contributed by atoms with Gasteiger partial charge in [-0.05, 0) is 11.4 Å². The fourth-order valence-corrected chi connectivity index (χ4v) is 2.54. The summed E-state index contributed by atoms with van der Waals surface area (Å²) < 4.78 is 0. The smallest absolute Gasteiger partial charge is 0.222 e. The van der Waals surface area contributed by atoms with Crippen molar-refractivity contribution >= 4 is 17.2 Å². The lowest BCUT2D eigenvalue weighted by molar-refractivity contribution is -0.123. The number of amides is 1. The number of H-pyrrole nitrogens is 1. The SMILES string of the molecule is CC(C)C(=O)NCCNCc1cn[nH]c1-c1cccs1. The summed E-state index contributed by atoms with van der Waals surface area (Å²) in [5, 5.41) is 15.4. The van der Waals surface area contributed by atoms with Gasteiger partial charge in [-0.3, -0.25) is 9.89 Å². The van der Waals surface area contributed by atoms with Gasteiger partial charge in [-0.1, -0.05) is 19.9 Å². The molecule has 2 aromatic heterocycles. The molecule has 0 radical (unpaired) electrons. The first-order chi connectivity index (χ1) is 9.68. The molecule has 2 rings (SSSR count). The minimum absolute atomic E-state index is 0.0364. The molecule has 0 atom stereocenters. The summed E-state index contributed by atoms with van der Waals surface area (Å²) in [6.45, 7) is 5.90. The zero-order chi connectivity index (χ0) is 14.4. The van der Waals surface area contributed by atoms with E-state index >= 15 is 0 Å². The number of nitrogens with zero attached hydrogens (tertiary/aromatic N) is 1. The highest BCUT2D eigenvalue weighted by atomic mass is 32.1. The Morgan fingerprint density at radius 1 is 1.45 bits per heavy atom. The highest BCUT2D eigenvalue weighted by molar-refractivity contribution is 7.13. The second-order valence-electron chi connectivity index (χ2n) is 4.87. The maximum atomic E-state index is 11.4. The first-order valence-electron chi connectivity index (χ1n) is 6.73. The minimum atomic E-state index is 0.0364. The van der Waals surface area contributed by atoms with E-state index in [2.05, 4.69) is 32.3 Å². The average molecular weight is 292 g/mol. The molecular formula is C14H20N4OS. The number of rotatable bonds is 7. The standard InChI is InChI=1S/C14H20N4OS/c1-10(2)14(19)16-6-5-15-8-11-9-17-18-13(11)12-4-3-7-20-12/h3-4,7,9-10,15H,5-6,8H2,1-2H3,(H,16,19)(H,17,18). The number of carbonyl (C=O) groups is 1. The molecule has 108 valence electrons. The van der Waals surface area contributed by atoms with E-state index in [9.17, 15) is 4.79 Å². The predicted octanol–water partition coefficient (Wildman–Crippen LogP) is 2.00. The second kappa shape index (κ2) is 7.21. The van der Waals surface area contributed by atoms with Gasteiger partial charge in [0.2, 0.25) is 5.91 Å². The average Bonchev–Trinajstić information content (AvgIpc) is 3.08. The van der Waals surface area contributed by atoms with E-state index in [0.717, 1.165) is 24.3 Å². The van der Waals surface area contributed by atoms with Gasteiger partial charge in [0.15, 0.2) is 0 Å². The van der Waals surface area contributed by atoms with E-state index in [4.69, 9.17) is 0 Å². The van der Waals surface area contributed by atoms with Crippen LogP contribution < -0.4 is 10.6 Å². The van der Waals surface area contributed by atoms with Crippen LogP contribution in [0.15, 0.2) is 23.7 Å². The molecule has 0 aliphatic carbocycles. The molecule has 0 fully saturated rings. The molecule has 0 bridgehead atoms. The van der Waals surface area contributed by atoms with Crippen molar-refractivity contribution in [1.29, 1.82) is 0 Å². The Bertz CT molecular complexity index is 533. The molecule has 20 heavy (non-hydrogen) atoms. The topological polar surface area (TPSA) is 69.8 Å². The predicted molar refractivity (Wildman–Crippen MR) is 81.5 cm³/mol. The molecule has 0 aliphatic rings. The monoisotopic (exact) mass is 292 g/mol. The van der Waals surface area contributed by atoms with E-state index in [0.29, 0.717) is 6.54 Å². The van der Waals surface area contributed by atoms with Crippen LogP contribution in [0.5, 0.6) is 0 Å². The molecule has 5 nitrogen and oxygen atoms in total. The summed E-state index contributed by atoms with van der Waals surface area (Å²) in [7, 11) is 0. The highest BCUT2D eigenvalue weighted by Gasteiger charge is 2.08. The second-order valence-corrected chi connectivity index (χ2v) is 5.82. The molecule has 6 heteroatoms. The molecular weight excluding hydrogens is 272 g/mol. The van der Waals surface area contributed by atoms with Crippen LogP contribution in [0.25, 0.3) is 10.6 Å².